The second kappa shape index (κ2) is 7.29. The number of benzene rings is 2. The largest absolute Gasteiger partial charge is 0.431 e. The van der Waals surface area contributed by atoms with Crippen LogP contribution in [0, 0.1) is 17.0 Å². The van der Waals surface area contributed by atoms with E-state index in [1.165, 1.54) is 44.1 Å². The van der Waals surface area contributed by atoms with Gasteiger partial charge < -0.3 is 4.42 Å². The number of hydrogen-bond acceptors (Lipinski definition) is 7. The van der Waals surface area contributed by atoms with E-state index in [-0.39, 0.29) is 10.6 Å². The molecule has 3 aromatic rings. The highest BCUT2D eigenvalue weighted by Gasteiger charge is 2.19. The molecule has 0 unspecified atom stereocenters. The van der Waals surface area contributed by atoms with Crippen LogP contribution in [-0.4, -0.2) is 36.7 Å². The third-order valence-corrected chi connectivity index (χ3v) is 6.77. The molecule has 0 fully saturated rings. The van der Waals surface area contributed by atoms with Gasteiger partial charge in [-0.25, -0.2) is 17.7 Å². The number of aromatic nitrogens is 1. The van der Waals surface area contributed by atoms with Crippen LogP contribution in [0.15, 0.2) is 50.9 Å². The number of rotatable bonds is 6. The first-order valence-electron chi connectivity index (χ1n) is 7.89. The smallest absolute Gasteiger partial charge is 0.272 e. The Labute approximate surface area is 160 Å². The van der Waals surface area contributed by atoms with Crippen molar-refractivity contribution in [3.8, 4) is 0 Å². The van der Waals surface area contributed by atoms with Crippen molar-refractivity contribution in [2.75, 3.05) is 14.1 Å². The predicted molar refractivity (Wildman–Crippen MR) is 102 cm³/mol. The van der Waals surface area contributed by atoms with Gasteiger partial charge in [0.2, 0.25) is 10.0 Å². The van der Waals surface area contributed by atoms with E-state index >= 15 is 0 Å². The molecular formula is C17H17N3O5S2. The number of hydrogen-bond donors (Lipinski definition) is 0. The highest BCUT2D eigenvalue weighted by atomic mass is 32.2. The SMILES string of the molecule is Cc1c(CSc2nc3cc(S(=O)(=O)N(C)C)ccc3o2)cccc1[N+](=O)[O-]. The van der Waals surface area contributed by atoms with E-state index in [1.807, 2.05) is 6.07 Å². The standard InChI is InChI=1S/C17H17N3O5S2/c1-11-12(5-4-6-15(11)20(21)22)10-26-17-18-14-9-13(7-8-16(14)25-17)27(23,24)19(2)3/h4-9H,10H2,1-3H3. The van der Waals surface area contributed by atoms with Gasteiger partial charge in [-0.05, 0) is 30.7 Å². The summed E-state index contributed by atoms with van der Waals surface area (Å²) < 4.78 is 31.2. The van der Waals surface area contributed by atoms with Gasteiger partial charge in [-0.3, -0.25) is 10.1 Å². The molecule has 0 spiro atoms. The maximum absolute atomic E-state index is 12.2. The first kappa shape index (κ1) is 19.3. The van der Waals surface area contributed by atoms with Crippen LogP contribution in [-0.2, 0) is 15.8 Å². The van der Waals surface area contributed by atoms with Gasteiger partial charge in [0.15, 0.2) is 5.58 Å². The zero-order valence-electron chi connectivity index (χ0n) is 14.9. The molecule has 0 aliphatic carbocycles. The van der Waals surface area contributed by atoms with E-state index in [0.29, 0.717) is 27.6 Å². The van der Waals surface area contributed by atoms with Crippen molar-refractivity contribution >= 4 is 38.6 Å². The minimum atomic E-state index is -3.55. The first-order chi connectivity index (χ1) is 12.7. The first-order valence-corrected chi connectivity index (χ1v) is 10.3. The van der Waals surface area contributed by atoms with Crippen molar-refractivity contribution in [1.29, 1.82) is 0 Å². The van der Waals surface area contributed by atoms with Crippen molar-refractivity contribution in [2.24, 2.45) is 0 Å². The average molecular weight is 407 g/mol. The van der Waals surface area contributed by atoms with Crippen LogP contribution < -0.4 is 0 Å². The third-order valence-electron chi connectivity index (χ3n) is 4.08. The van der Waals surface area contributed by atoms with Crippen LogP contribution in [0.4, 0.5) is 5.69 Å². The summed E-state index contributed by atoms with van der Waals surface area (Å²) in [5.41, 5.74) is 2.41. The van der Waals surface area contributed by atoms with E-state index in [1.54, 1.807) is 19.1 Å². The molecule has 0 N–H and O–H groups in total. The van der Waals surface area contributed by atoms with Gasteiger partial charge in [0, 0.05) is 31.5 Å². The molecule has 142 valence electrons. The summed E-state index contributed by atoms with van der Waals surface area (Å²) in [4.78, 5) is 15.1. The Morgan fingerprint density at radius 1 is 1.26 bits per heavy atom. The van der Waals surface area contributed by atoms with Crippen molar-refractivity contribution in [2.45, 2.75) is 22.8 Å². The van der Waals surface area contributed by atoms with Crippen LogP contribution in [0.25, 0.3) is 11.1 Å². The normalized spacial score (nSPS) is 12.0. The Balaban J connectivity index is 1.85. The van der Waals surface area contributed by atoms with Crippen LogP contribution >= 0.6 is 11.8 Å². The van der Waals surface area contributed by atoms with Gasteiger partial charge in [-0.1, -0.05) is 23.9 Å². The van der Waals surface area contributed by atoms with Crippen molar-refractivity contribution in [3.63, 3.8) is 0 Å². The lowest BCUT2D eigenvalue weighted by molar-refractivity contribution is -0.385. The number of nitro benzene ring substituents is 1. The highest BCUT2D eigenvalue weighted by Crippen LogP contribution is 2.30. The van der Waals surface area contributed by atoms with Gasteiger partial charge in [-0.15, -0.1) is 0 Å². The van der Waals surface area contributed by atoms with Crippen LogP contribution in [0.2, 0.25) is 0 Å². The van der Waals surface area contributed by atoms with Crippen molar-refractivity contribution < 1.29 is 17.8 Å². The fraction of sp³-hybridized carbons (Fsp3) is 0.235. The van der Waals surface area contributed by atoms with Crippen LogP contribution in [0.1, 0.15) is 11.1 Å². The summed E-state index contributed by atoms with van der Waals surface area (Å²) in [7, 11) is -0.625. The monoisotopic (exact) mass is 407 g/mol. The van der Waals surface area contributed by atoms with Crippen molar-refractivity contribution in [3.05, 3.63) is 57.6 Å². The zero-order valence-corrected chi connectivity index (χ0v) is 16.5. The fourth-order valence-corrected chi connectivity index (χ4v) is 4.31. The molecule has 0 atom stereocenters. The van der Waals surface area contributed by atoms with Gasteiger partial charge >= 0.3 is 0 Å². The van der Waals surface area contributed by atoms with E-state index in [0.717, 1.165) is 9.87 Å². The average Bonchev–Trinajstić information content (AvgIpc) is 3.02. The Kier molecular flexibility index (Phi) is 5.22. The number of oxazole rings is 1. The van der Waals surface area contributed by atoms with Crippen molar-refractivity contribution in [1.82, 2.24) is 9.29 Å². The Morgan fingerprint density at radius 3 is 2.67 bits per heavy atom. The minimum Gasteiger partial charge on any atom is -0.431 e. The maximum Gasteiger partial charge on any atom is 0.272 e. The van der Waals surface area contributed by atoms with Gasteiger partial charge in [-0.2, -0.15) is 0 Å². The molecule has 1 heterocycles. The van der Waals surface area contributed by atoms with Crippen LogP contribution in [0.5, 0.6) is 0 Å². The molecule has 27 heavy (non-hydrogen) atoms. The molecule has 10 heteroatoms. The number of nitro groups is 1. The van der Waals surface area contributed by atoms with Gasteiger partial charge in [0.25, 0.3) is 10.9 Å². The van der Waals surface area contributed by atoms with E-state index in [9.17, 15) is 18.5 Å². The number of sulfonamides is 1. The topological polar surface area (TPSA) is 107 Å². The second-order valence-corrected chi connectivity index (χ2v) is 9.08. The Bertz CT molecular complexity index is 1120. The lowest BCUT2D eigenvalue weighted by Gasteiger charge is -2.10. The maximum atomic E-state index is 12.2. The molecule has 0 amide bonds. The molecule has 0 aliphatic heterocycles. The van der Waals surface area contributed by atoms with Gasteiger partial charge in [0.1, 0.15) is 5.52 Å². The lowest BCUT2D eigenvalue weighted by atomic mass is 10.1. The third kappa shape index (κ3) is 3.82. The molecule has 0 radical (unpaired) electrons. The molecule has 8 nitrogen and oxygen atoms in total. The van der Waals surface area contributed by atoms with E-state index < -0.39 is 14.9 Å². The summed E-state index contributed by atoms with van der Waals surface area (Å²) in [5, 5.41) is 11.4. The zero-order chi connectivity index (χ0) is 19.8. The quantitative estimate of drug-likeness (QED) is 0.349. The van der Waals surface area contributed by atoms with E-state index in [2.05, 4.69) is 4.98 Å². The number of thioether (sulfide) groups is 1. The fourth-order valence-electron chi connectivity index (χ4n) is 2.48. The predicted octanol–water partition coefficient (Wildman–Crippen LogP) is 3.59. The molecule has 1 aromatic heterocycles. The molecule has 0 bridgehead atoms. The Hall–Kier alpha value is -2.43. The minimum absolute atomic E-state index is 0.0733. The molecular weight excluding hydrogens is 390 g/mol. The van der Waals surface area contributed by atoms with Gasteiger partial charge in [0.05, 0.1) is 9.82 Å². The number of fused-ring (bicyclic) bond motifs is 1. The molecule has 0 saturated heterocycles. The second-order valence-electron chi connectivity index (χ2n) is 6.00. The molecule has 3 rings (SSSR count). The highest BCUT2D eigenvalue weighted by molar-refractivity contribution is 7.98. The summed E-state index contributed by atoms with van der Waals surface area (Å²) in [6, 6.07) is 9.45. The molecule has 2 aromatic carbocycles. The summed E-state index contributed by atoms with van der Waals surface area (Å²) in [6.07, 6.45) is 0. The number of nitrogens with zero attached hydrogens (tertiary/aromatic N) is 3. The van der Waals surface area contributed by atoms with Crippen LogP contribution in [0.3, 0.4) is 0 Å². The molecule has 0 saturated carbocycles. The molecule has 0 aliphatic rings. The summed E-state index contributed by atoms with van der Waals surface area (Å²) in [5.74, 6) is 0.448. The Morgan fingerprint density at radius 2 is 2.00 bits per heavy atom. The summed E-state index contributed by atoms with van der Waals surface area (Å²) >= 11 is 1.29. The summed E-state index contributed by atoms with van der Waals surface area (Å²) in [6.45, 7) is 1.71. The van der Waals surface area contributed by atoms with E-state index in [4.69, 9.17) is 4.42 Å². The lowest BCUT2D eigenvalue weighted by Crippen LogP contribution is -2.22.